The van der Waals surface area contributed by atoms with Crippen LogP contribution in [0.15, 0.2) is 42.5 Å². The molecule has 9 heteroatoms. The molecule has 0 aliphatic rings. The number of carboxylic acids is 1. The van der Waals surface area contributed by atoms with Gasteiger partial charge < -0.3 is 19.0 Å². The number of carbonyl (C=O) groups is 1. The Morgan fingerprint density at radius 2 is 1.93 bits per heavy atom. The van der Waals surface area contributed by atoms with Crippen molar-refractivity contribution in [2.45, 2.75) is 19.8 Å². The van der Waals surface area contributed by atoms with Gasteiger partial charge in [-0.25, -0.2) is 9.78 Å². The van der Waals surface area contributed by atoms with E-state index >= 15 is 0 Å². The van der Waals surface area contributed by atoms with Crippen molar-refractivity contribution >= 4 is 27.9 Å². The number of imidazole rings is 1. The Labute approximate surface area is 162 Å². The maximum Gasteiger partial charge on any atom is 0.573 e. The number of hydrogen-bond donors (Lipinski definition) is 1. The van der Waals surface area contributed by atoms with E-state index < -0.39 is 18.1 Å². The topological polar surface area (TPSA) is 69.3 Å². The second-order valence-electron chi connectivity index (χ2n) is 6.52. The molecule has 0 bridgehead atoms. The van der Waals surface area contributed by atoms with Crippen LogP contribution in [0.1, 0.15) is 17.3 Å². The van der Waals surface area contributed by atoms with Gasteiger partial charge in [-0.2, -0.15) is 0 Å². The zero-order valence-electron chi connectivity index (χ0n) is 15.5. The van der Waals surface area contributed by atoms with Crippen molar-refractivity contribution in [2.24, 2.45) is 7.05 Å². The van der Waals surface area contributed by atoms with Crippen LogP contribution in [0.5, 0.6) is 5.75 Å². The maximum absolute atomic E-state index is 12.9. The van der Waals surface area contributed by atoms with Crippen molar-refractivity contribution in [3.63, 3.8) is 0 Å². The maximum atomic E-state index is 12.9. The highest BCUT2D eigenvalue weighted by molar-refractivity contribution is 5.96. The highest BCUT2D eigenvalue weighted by atomic mass is 19.4. The first-order chi connectivity index (χ1) is 13.7. The molecule has 0 aliphatic carbocycles. The Balaban J connectivity index is 2.02. The van der Waals surface area contributed by atoms with Gasteiger partial charge in [0.15, 0.2) is 11.6 Å². The summed E-state index contributed by atoms with van der Waals surface area (Å²) in [6.45, 7) is 2.58. The van der Waals surface area contributed by atoms with Gasteiger partial charge in [0.1, 0.15) is 5.52 Å². The number of rotatable bonds is 4. The van der Waals surface area contributed by atoms with E-state index in [0.717, 1.165) is 17.0 Å². The van der Waals surface area contributed by atoms with Crippen LogP contribution in [0.3, 0.4) is 0 Å². The largest absolute Gasteiger partial charge is 0.573 e. The molecule has 0 atom stereocenters. The molecule has 4 rings (SSSR count). The molecule has 2 aromatic carbocycles. The van der Waals surface area contributed by atoms with E-state index in [2.05, 4.69) is 9.72 Å². The van der Waals surface area contributed by atoms with Crippen molar-refractivity contribution in [3.8, 4) is 17.3 Å². The molecule has 150 valence electrons. The quantitative estimate of drug-likeness (QED) is 0.531. The first-order valence-corrected chi connectivity index (χ1v) is 8.77. The molecule has 0 amide bonds. The minimum atomic E-state index is -4.97. The number of carboxylic acid groups (broad SMARTS) is 1. The number of nitrogens with zero attached hydrogens (tertiary/aromatic N) is 3. The van der Waals surface area contributed by atoms with Gasteiger partial charge in [-0.1, -0.05) is 18.2 Å². The van der Waals surface area contributed by atoms with Gasteiger partial charge in [0.25, 0.3) is 0 Å². The number of aromatic nitrogens is 3. The Morgan fingerprint density at radius 1 is 1.21 bits per heavy atom. The van der Waals surface area contributed by atoms with Gasteiger partial charge in [-0.15, -0.1) is 13.2 Å². The number of ether oxygens (including phenoxy) is 1. The molecular formula is C20H16F3N3O3. The lowest BCUT2D eigenvalue weighted by Crippen LogP contribution is -2.18. The van der Waals surface area contributed by atoms with Crippen molar-refractivity contribution < 1.29 is 27.8 Å². The van der Waals surface area contributed by atoms with Gasteiger partial charge in [0.2, 0.25) is 0 Å². The molecule has 29 heavy (non-hydrogen) atoms. The third kappa shape index (κ3) is 3.18. The standard InChI is InChI=1S/C20H16F3N3O3/c1-3-26-14-7-5-4-6-11(14)9-15(26)18-24-13-8-12(19(27)28)10-16(17(13)25(18)2)29-20(21,22)23/h4-10H,3H2,1-2H3,(H,27,28). The normalized spacial score (nSPS) is 12.0. The summed E-state index contributed by atoms with van der Waals surface area (Å²) in [7, 11) is 1.58. The first-order valence-electron chi connectivity index (χ1n) is 8.77. The van der Waals surface area contributed by atoms with Crippen molar-refractivity contribution in [1.82, 2.24) is 14.1 Å². The summed E-state index contributed by atoms with van der Waals surface area (Å²) in [5.41, 5.74) is 1.51. The Morgan fingerprint density at radius 3 is 2.59 bits per heavy atom. The minimum absolute atomic E-state index is 0.0650. The average Bonchev–Trinajstić information content (AvgIpc) is 3.17. The Kier molecular flexibility index (Phi) is 4.25. The molecule has 4 aromatic rings. The number of para-hydroxylation sites is 1. The van der Waals surface area contributed by atoms with Crippen LogP contribution in [-0.4, -0.2) is 31.6 Å². The zero-order valence-corrected chi connectivity index (χ0v) is 15.5. The summed E-state index contributed by atoms with van der Waals surface area (Å²) in [6, 6.07) is 11.7. The fourth-order valence-corrected chi connectivity index (χ4v) is 3.60. The van der Waals surface area contributed by atoms with Gasteiger partial charge in [-0.3, -0.25) is 0 Å². The smallest absolute Gasteiger partial charge is 0.478 e. The summed E-state index contributed by atoms with van der Waals surface area (Å²) in [6.07, 6.45) is -4.97. The van der Waals surface area contributed by atoms with Crippen LogP contribution < -0.4 is 4.74 Å². The van der Waals surface area contributed by atoms with Crippen LogP contribution in [-0.2, 0) is 13.6 Å². The SMILES string of the molecule is CCn1c(-c2nc3cc(C(=O)O)cc(OC(F)(F)F)c3n2C)cc2ccccc21. The molecule has 2 aromatic heterocycles. The third-order valence-electron chi connectivity index (χ3n) is 4.76. The second kappa shape index (κ2) is 6.54. The summed E-state index contributed by atoms with van der Waals surface area (Å²) >= 11 is 0. The van der Waals surface area contributed by atoms with Gasteiger partial charge >= 0.3 is 12.3 Å². The minimum Gasteiger partial charge on any atom is -0.478 e. The number of benzene rings is 2. The molecule has 0 spiro atoms. The third-order valence-corrected chi connectivity index (χ3v) is 4.76. The van der Waals surface area contributed by atoms with E-state index in [4.69, 9.17) is 0 Å². The summed E-state index contributed by atoms with van der Waals surface area (Å²) in [5.74, 6) is -1.56. The number of aryl methyl sites for hydroxylation is 2. The Hall–Kier alpha value is -3.49. The van der Waals surface area contributed by atoms with E-state index in [1.807, 2.05) is 41.8 Å². The molecule has 0 saturated heterocycles. The molecule has 0 saturated carbocycles. The molecule has 0 aliphatic heterocycles. The molecule has 0 fully saturated rings. The van der Waals surface area contributed by atoms with Gasteiger partial charge in [0.05, 0.1) is 16.8 Å². The molecule has 0 unspecified atom stereocenters. The monoisotopic (exact) mass is 403 g/mol. The van der Waals surface area contributed by atoms with E-state index in [0.29, 0.717) is 18.1 Å². The first kappa shape index (κ1) is 18.9. The molecular weight excluding hydrogens is 387 g/mol. The van der Waals surface area contributed by atoms with Crippen LogP contribution >= 0.6 is 0 Å². The lowest BCUT2D eigenvalue weighted by Gasteiger charge is -2.12. The van der Waals surface area contributed by atoms with Crippen molar-refractivity contribution in [3.05, 3.63) is 48.0 Å². The molecule has 6 nitrogen and oxygen atoms in total. The van der Waals surface area contributed by atoms with Crippen LogP contribution in [0.2, 0.25) is 0 Å². The number of hydrogen-bond acceptors (Lipinski definition) is 3. The Bertz CT molecular complexity index is 1250. The lowest BCUT2D eigenvalue weighted by molar-refractivity contribution is -0.274. The zero-order chi connectivity index (χ0) is 20.9. The predicted molar refractivity (Wildman–Crippen MR) is 101 cm³/mol. The van der Waals surface area contributed by atoms with E-state index in [-0.39, 0.29) is 16.6 Å². The van der Waals surface area contributed by atoms with Crippen molar-refractivity contribution in [2.75, 3.05) is 0 Å². The van der Waals surface area contributed by atoms with E-state index in [9.17, 15) is 23.1 Å². The highest BCUT2D eigenvalue weighted by Gasteiger charge is 2.33. The lowest BCUT2D eigenvalue weighted by atomic mass is 10.2. The van der Waals surface area contributed by atoms with E-state index in [1.54, 1.807) is 7.05 Å². The number of halogens is 3. The summed E-state index contributed by atoms with van der Waals surface area (Å²) in [5, 5.41) is 10.2. The second-order valence-corrected chi connectivity index (χ2v) is 6.52. The number of alkyl halides is 3. The summed E-state index contributed by atoms with van der Waals surface area (Å²) < 4.78 is 46.4. The van der Waals surface area contributed by atoms with Crippen LogP contribution in [0, 0.1) is 0 Å². The number of aromatic carboxylic acids is 1. The number of fused-ring (bicyclic) bond motifs is 2. The fourth-order valence-electron chi connectivity index (χ4n) is 3.60. The fraction of sp³-hybridized carbons (Fsp3) is 0.200. The van der Waals surface area contributed by atoms with Crippen LogP contribution in [0.25, 0.3) is 33.5 Å². The molecule has 2 heterocycles. The van der Waals surface area contributed by atoms with E-state index in [1.165, 1.54) is 10.6 Å². The predicted octanol–water partition coefficient (Wildman–Crippen LogP) is 4.81. The van der Waals surface area contributed by atoms with Crippen LogP contribution in [0.4, 0.5) is 13.2 Å². The van der Waals surface area contributed by atoms with Gasteiger partial charge in [-0.05, 0) is 31.2 Å². The van der Waals surface area contributed by atoms with Crippen molar-refractivity contribution in [1.29, 1.82) is 0 Å². The molecule has 1 N–H and O–H groups in total. The molecule has 0 radical (unpaired) electrons. The highest BCUT2D eigenvalue weighted by Crippen LogP contribution is 2.36. The summed E-state index contributed by atoms with van der Waals surface area (Å²) in [4.78, 5) is 15.8. The average molecular weight is 403 g/mol. The van der Waals surface area contributed by atoms with Gasteiger partial charge in [0, 0.05) is 24.5 Å².